The molecule has 0 bridgehead atoms. The monoisotopic (exact) mass is 308 g/mol. The van der Waals surface area contributed by atoms with E-state index in [9.17, 15) is 8.42 Å². The highest BCUT2D eigenvalue weighted by atomic mass is 32.2. The zero-order valence-electron chi connectivity index (χ0n) is 12.2. The quantitative estimate of drug-likeness (QED) is 0.796. The standard InChI is InChI=1S/C14H20N4O2S/c1-12-4-3-5-13(8-12)9-17-21(19,20)14-10-16-18(11-14)7-6-15-2/h3-5,8,10-11,15,17H,6-7,9H2,1-2H3. The van der Waals surface area contributed by atoms with Crippen molar-refractivity contribution in [2.45, 2.75) is 24.9 Å². The van der Waals surface area contributed by atoms with E-state index in [0.29, 0.717) is 6.54 Å². The zero-order chi connectivity index (χ0) is 15.3. The average molecular weight is 308 g/mol. The van der Waals surface area contributed by atoms with Crippen molar-refractivity contribution in [3.63, 3.8) is 0 Å². The Labute approximate surface area is 125 Å². The number of nitrogens with zero attached hydrogens (tertiary/aromatic N) is 2. The largest absolute Gasteiger partial charge is 0.318 e. The van der Waals surface area contributed by atoms with Crippen LogP contribution in [0.2, 0.25) is 0 Å². The van der Waals surface area contributed by atoms with Gasteiger partial charge in [0.2, 0.25) is 10.0 Å². The number of likely N-dealkylation sites (N-methyl/N-ethyl adjacent to an activating group) is 1. The van der Waals surface area contributed by atoms with Crippen LogP contribution >= 0.6 is 0 Å². The number of nitrogens with one attached hydrogen (secondary N) is 2. The SMILES string of the molecule is CNCCn1cc(S(=O)(=O)NCc2cccc(C)c2)cn1. The summed E-state index contributed by atoms with van der Waals surface area (Å²) in [4.78, 5) is 0.186. The van der Waals surface area contributed by atoms with Crippen molar-refractivity contribution in [2.24, 2.45) is 0 Å². The van der Waals surface area contributed by atoms with Gasteiger partial charge in [-0.15, -0.1) is 0 Å². The molecule has 0 aliphatic carbocycles. The summed E-state index contributed by atoms with van der Waals surface area (Å²) in [6.45, 7) is 3.61. The van der Waals surface area contributed by atoms with Crippen LogP contribution in [0.5, 0.6) is 0 Å². The van der Waals surface area contributed by atoms with Crippen LogP contribution < -0.4 is 10.0 Å². The average Bonchev–Trinajstić information content (AvgIpc) is 2.93. The summed E-state index contributed by atoms with van der Waals surface area (Å²) in [6.07, 6.45) is 2.91. The van der Waals surface area contributed by atoms with Crippen molar-refractivity contribution < 1.29 is 8.42 Å². The predicted molar refractivity (Wildman–Crippen MR) is 81.4 cm³/mol. The molecule has 114 valence electrons. The maximum atomic E-state index is 12.2. The van der Waals surface area contributed by atoms with E-state index in [0.717, 1.165) is 17.7 Å². The Morgan fingerprint density at radius 2 is 2.14 bits per heavy atom. The third kappa shape index (κ3) is 4.38. The van der Waals surface area contributed by atoms with Crippen molar-refractivity contribution in [1.82, 2.24) is 19.8 Å². The molecule has 1 aromatic heterocycles. The van der Waals surface area contributed by atoms with E-state index in [1.165, 1.54) is 12.4 Å². The molecule has 0 radical (unpaired) electrons. The first-order chi connectivity index (χ1) is 10.0. The van der Waals surface area contributed by atoms with E-state index in [2.05, 4.69) is 15.1 Å². The lowest BCUT2D eigenvalue weighted by molar-refractivity contribution is 0.576. The van der Waals surface area contributed by atoms with Crippen LogP contribution in [-0.2, 0) is 23.1 Å². The summed E-state index contributed by atoms with van der Waals surface area (Å²) in [5.41, 5.74) is 2.03. The Balaban J connectivity index is 2.02. The Hall–Kier alpha value is -1.70. The fraction of sp³-hybridized carbons (Fsp3) is 0.357. The van der Waals surface area contributed by atoms with Gasteiger partial charge in [-0.1, -0.05) is 29.8 Å². The first-order valence-corrected chi connectivity index (χ1v) is 8.22. The van der Waals surface area contributed by atoms with E-state index < -0.39 is 10.0 Å². The summed E-state index contributed by atoms with van der Waals surface area (Å²) in [5.74, 6) is 0. The summed E-state index contributed by atoms with van der Waals surface area (Å²) in [6, 6.07) is 7.74. The van der Waals surface area contributed by atoms with Crippen molar-refractivity contribution in [3.8, 4) is 0 Å². The van der Waals surface area contributed by atoms with Crippen LogP contribution in [0.25, 0.3) is 0 Å². The maximum Gasteiger partial charge on any atom is 0.243 e. The fourth-order valence-electron chi connectivity index (χ4n) is 1.92. The van der Waals surface area contributed by atoms with Crippen molar-refractivity contribution in [3.05, 3.63) is 47.8 Å². The van der Waals surface area contributed by atoms with E-state index in [1.807, 2.05) is 38.2 Å². The number of hydrogen-bond donors (Lipinski definition) is 2. The molecule has 0 aliphatic rings. The Kier molecular flexibility index (Phi) is 5.11. The number of aromatic nitrogens is 2. The molecule has 0 fully saturated rings. The molecule has 6 nitrogen and oxygen atoms in total. The van der Waals surface area contributed by atoms with E-state index >= 15 is 0 Å². The summed E-state index contributed by atoms with van der Waals surface area (Å²) in [5, 5.41) is 7.04. The number of benzene rings is 1. The van der Waals surface area contributed by atoms with E-state index in [1.54, 1.807) is 4.68 Å². The number of sulfonamides is 1. The van der Waals surface area contributed by atoms with Gasteiger partial charge in [-0.2, -0.15) is 5.10 Å². The number of hydrogen-bond acceptors (Lipinski definition) is 4. The maximum absolute atomic E-state index is 12.2. The van der Waals surface area contributed by atoms with Gasteiger partial charge in [-0.05, 0) is 19.5 Å². The molecule has 0 amide bonds. The van der Waals surface area contributed by atoms with Gasteiger partial charge in [-0.3, -0.25) is 4.68 Å². The molecule has 0 saturated carbocycles. The topological polar surface area (TPSA) is 76.0 Å². The highest BCUT2D eigenvalue weighted by Crippen LogP contribution is 2.09. The normalized spacial score (nSPS) is 11.7. The summed E-state index contributed by atoms with van der Waals surface area (Å²) < 4.78 is 28.6. The summed E-state index contributed by atoms with van der Waals surface area (Å²) in [7, 11) is -1.69. The van der Waals surface area contributed by atoms with Gasteiger partial charge in [0.1, 0.15) is 4.90 Å². The smallest absolute Gasteiger partial charge is 0.243 e. The van der Waals surface area contributed by atoms with Gasteiger partial charge in [0.25, 0.3) is 0 Å². The van der Waals surface area contributed by atoms with Crippen LogP contribution in [-0.4, -0.2) is 31.8 Å². The minimum absolute atomic E-state index is 0.186. The lowest BCUT2D eigenvalue weighted by Crippen LogP contribution is -2.23. The molecule has 0 aliphatic heterocycles. The molecular formula is C14H20N4O2S. The van der Waals surface area contributed by atoms with E-state index in [-0.39, 0.29) is 11.4 Å². The Morgan fingerprint density at radius 3 is 2.86 bits per heavy atom. The number of aryl methyl sites for hydroxylation is 1. The first kappa shape index (κ1) is 15.7. The first-order valence-electron chi connectivity index (χ1n) is 6.73. The van der Waals surface area contributed by atoms with Crippen LogP contribution in [0.3, 0.4) is 0 Å². The highest BCUT2D eigenvalue weighted by Gasteiger charge is 2.16. The second-order valence-electron chi connectivity index (χ2n) is 4.86. The third-order valence-corrected chi connectivity index (χ3v) is 4.42. The Morgan fingerprint density at radius 1 is 1.33 bits per heavy atom. The predicted octanol–water partition coefficient (Wildman–Crippen LogP) is 0.889. The lowest BCUT2D eigenvalue weighted by atomic mass is 10.1. The van der Waals surface area contributed by atoms with Crippen molar-refractivity contribution >= 4 is 10.0 Å². The zero-order valence-corrected chi connectivity index (χ0v) is 13.0. The second-order valence-corrected chi connectivity index (χ2v) is 6.62. The lowest BCUT2D eigenvalue weighted by Gasteiger charge is -2.05. The Bertz CT molecular complexity index is 695. The van der Waals surface area contributed by atoms with Crippen LogP contribution in [0, 0.1) is 6.92 Å². The minimum atomic E-state index is -3.53. The molecule has 0 unspecified atom stereocenters. The van der Waals surface area contributed by atoms with E-state index in [4.69, 9.17) is 0 Å². The van der Waals surface area contributed by atoms with Gasteiger partial charge in [0.15, 0.2) is 0 Å². The molecule has 1 heterocycles. The second kappa shape index (κ2) is 6.84. The fourth-order valence-corrected chi connectivity index (χ4v) is 2.89. The molecular weight excluding hydrogens is 288 g/mol. The molecule has 21 heavy (non-hydrogen) atoms. The minimum Gasteiger partial charge on any atom is -0.318 e. The molecule has 0 atom stereocenters. The van der Waals surface area contributed by atoms with Crippen LogP contribution in [0.4, 0.5) is 0 Å². The molecule has 7 heteroatoms. The molecule has 1 aromatic carbocycles. The molecule has 0 saturated heterocycles. The van der Waals surface area contributed by atoms with Crippen LogP contribution in [0.15, 0.2) is 41.6 Å². The highest BCUT2D eigenvalue weighted by molar-refractivity contribution is 7.89. The van der Waals surface area contributed by atoms with Gasteiger partial charge in [-0.25, -0.2) is 13.1 Å². The summed E-state index contributed by atoms with van der Waals surface area (Å²) >= 11 is 0. The number of rotatable bonds is 7. The van der Waals surface area contributed by atoms with Gasteiger partial charge in [0.05, 0.1) is 12.7 Å². The van der Waals surface area contributed by atoms with Gasteiger partial charge >= 0.3 is 0 Å². The van der Waals surface area contributed by atoms with Gasteiger partial charge < -0.3 is 5.32 Å². The molecule has 2 aromatic rings. The molecule has 2 rings (SSSR count). The molecule has 2 N–H and O–H groups in total. The van der Waals surface area contributed by atoms with Crippen molar-refractivity contribution in [2.75, 3.05) is 13.6 Å². The molecule has 0 spiro atoms. The third-order valence-electron chi connectivity index (χ3n) is 3.06. The van der Waals surface area contributed by atoms with Gasteiger partial charge in [0, 0.05) is 19.3 Å². The van der Waals surface area contributed by atoms with Crippen LogP contribution in [0.1, 0.15) is 11.1 Å². The van der Waals surface area contributed by atoms with Crippen molar-refractivity contribution in [1.29, 1.82) is 0 Å².